The molecule has 0 bridgehead atoms. The van der Waals surface area contributed by atoms with E-state index in [1.165, 1.54) is 12.1 Å². The van der Waals surface area contributed by atoms with Crippen molar-refractivity contribution in [2.45, 2.75) is 31.3 Å². The third-order valence-electron chi connectivity index (χ3n) is 5.76. The smallest absolute Gasteiger partial charge is 0.317 e. The van der Waals surface area contributed by atoms with E-state index < -0.39 is 23.0 Å². The number of urea groups is 1. The molecule has 4 N–H and O–H groups in total. The molecule has 0 unspecified atom stereocenters. The van der Waals surface area contributed by atoms with Gasteiger partial charge in [-0.15, -0.1) is 0 Å². The fourth-order valence-corrected chi connectivity index (χ4v) is 4.06. The van der Waals surface area contributed by atoms with Crippen LogP contribution in [0, 0.1) is 17.5 Å². The Morgan fingerprint density at radius 3 is 2.57 bits per heavy atom. The van der Waals surface area contributed by atoms with E-state index >= 15 is 0 Å². The first-order valence-corrected chi connectivity index (χ1v) is 9.63. The summed E-state index contributed by atoms with van der Waals surface area (Å²) < 4.78 is 40.9. The second kappa shape index (κ2) is 7.55. The predicted octanol–water partition coefficient (Wildman–Crippen LogP) is 3.43. The number of anilines is 2. The summed E-state index contributed by atoms with van der Waals surface area (Å²) in [5.74, 6) is -2.40. The monoisotopic (exact) mass is 418 g/mol. The molecule has 1 spiro atoms. The Labute approximate surface area is 171 Å². The lowest BCUT2D eigenvalue weighted by molar-refractivity contribution is 0.0914. The molecule has 1 saturated heterocycles. The number of nitrogens with one attached hydrogen (secondary N) is 2. The summed E-state index contributed by atoms with van der Waals surface area (Å²) >= 11 is 0. The highest BCUT2D eigenvalue weighted by Crippen LogP contribution is 2.39. The van der Waals surface area contributed by atoms with E-state index in [0.717, 1.165) is 12.1 Å². The fraction of sp³-hybridized carbons (Fsp3) is 0.333. The highest BCUT2D eigenvalue weighted by atomic mass is 19.1. The first-order chi connectivity index (χ1) is 14.3. The Hall–Kier alpha value is -3.23. The normalized spacial score (nSPS) is 17.4. The van der Waals surface area contributed by atoms with Gasteiger partial charge in [-0.2, -0.15) is 0 Å². The van der Waals surface area contributed by atoms with Crippen LogP contribution < -0.4 is 16.4 Å². The van der Waals surface area contributed by atoms with Crippen molar-refractivity contribution < 1.29 is 22.8 Å². The van der Waals surface area contributed by atoms with E-state index in [0.29, 0.717) is 31.5 Å². The molecule has 2 heterocycles. The zero-order valence-electron chi connectivity index (χ0n) is 16.1. The average molecular weight is 418 g/mol. The van der Waals surface area contributed by atoms with Gasteiger partial charge in [0.15, 0.2) is 5.78 Å². The summed E-state index contributed by atoms with van der Waals surface area (Å²) in [7, 11) is 0. The van der Waals surface area contributed by atoms with Gasteiger partial charge in [-0.3, -0.25) is 4.79 Å². The summed E-state index contributed by atoms with van der Waals surface area (Å²) in [6.45, 7) is 0.942. The molecule has 0 saturated carbocycles. The number of benzene rings is 2. The van der Waals surface area contributed by atoms with Gasteiger partial charge in [-0.1, -0.05) is 6.07 Å². The van der Waals surface area contributed by atoms with Crippen LogP contribution in [-0.2, 0) is 6.54 Å². The maximum absolute atomic E-state index is 14.2. The van der Waals surface area contributed by atoms with Crippen molar-refractivity contribution >= 4 is 23.2 Å². The average Bonchev–Trinajstić information content (AvgIpc) is 2.70. The number of amides is 2. The lowest BCUT2D eigenvalue weighted by Gasteiger charge is -2.45. The second-order valence-electron chi connectivity index (χ2n) is 7.82. The van der Waals surface area contributed by atoms with Gasteiger partial charge in [-0.25, -0.2) is 18.0 Å². The Kier molecular flexibility index (Phi) is 5.05. The third-order valence-corrected chi connectivity index (χ3v) is 5.76. The number of fused-ring (bicyclic) bond motifs is 1. The van der Waals surface area contributed by atoms with Crippen molar-refractivity contribution in [3.63, 3.8) is 0 Å². The fourth-order valence-electron chi connectivity index (χ4n) is 4.06. The Morgan fingerprint density at radius 1 is 1.13 bits per heavy atom. The van der Waals surface area contributed by atoms with Crippen molar-refractivity contribution in [2.75, 3.05) is 24.1 Å². The molecule has 2 amide bonds. The van der Waals surface area contributed by atoms with Gasteiger partial charge in [0.05, 0.1) is 11.4 Å². The van der Waals surface area contributed by atoms with Crippen molar-refractivity contribution in [1.82, 2.24) is 10.2 Å². The SMILES string of the molecule is Nc1cc(CNC(=O)N2CCC3(CC2)CC(=O)c2cc(F)cc(F)c2N3)ccc1F. The maximum atomic E-state index is 14.2. The number of ketones is 1. The molecule has 4 rings (SSSR count). The summed E-state index contributed by atoms with van der Waals surface area (Å²) in [4.78, 5) is 26.6. The van der Waals surface area contributed by atoms with E-state index in [-0.39, 0.29) is 41.7 Å². The van der Waals surface area contributed by atoms with Crippen molar-refractivity contribution in [3.05, 3.63) is 58.9 Å². The molecule has 1 fully saturated rings. The van der Waals surface area contributed by atoms with Crippen LogP contribution in [0.1, 0.15) is 35.2 Å². The molecule has 9 heteroatoms. The van der Waals surface area contributed by atoms with Crippen LogP contribution in [0.4, 0.5) is 29.3 Å². The van der Waals surface area contributed by atoms with Gasteiger partial charge in [0.1, 0.15) is 17.5 Å². The number of hydrogen-bond donors (Lipinski definition) is 3. The Bertz CT molecular complexity index is 1020. The van der Waals surface area contributed by atoms with E-state index in [1.54, 1.807) is 11.0 Å². The van der Waals surface area contributed by atoms with Gasteiger partial charge in [0.2, 0.25) is 0 Å². The summed E-state index contributed by atoms with van der Waals surface area (Å²) in [5, 5.41) is 5.86. The molecule has 0 aromatic heterocycles. The van der Waals surface area contributed by atoms with E-state index in [9.17, 15) is 22.8 Å². The number of Topliss-reactive ketones (excluding diaryl/α,β-unsaturated/α-hetero) is 1. The molecule has 2 aromatic carbocycles. The number of piperidine rings is 1. The zero-order valence-corrected chi connectivity index (χ0v) is 16.1. The molecule has 2 aliphatic heterocycles. The molecule has 2 aromatic rings. The number of halogens is 3. The first-order valence-electron chi connectivity index (χ1n) is 9.63. The minimum absolute atomic E-state index is 0.0158. The van der Waals surface area contributed by atoms with Crippen molar-refractivity contribution in [2.24, 2.45) is 0 Å². The molecule has 0 radical (unpaired) electrons. The number of nitrogens with zero attached hydrogens (tertiary/aromatic N) is 1. The molecular formula is C21H21F3N4O2. The number of carbonyl (C=O) groups is 2. The summed E-state index contributed by atoms with van der Waals surface area (Å²) in [6, 6.07) is 5.77. The topological polar surface area (TPSA) is 87.5 Å². The zero-order chi connectivity index (χ0) is 21.5. The first kappa shape index (κ1) is 20.1. The minimum atomic E-state index is -0.795. The van der Waals surface area contributed by atoms with Crippen LogP contribution >= 0.6 is 0 Å². The minimum Gasteiger partial charge on any atom is -0.396 e. The highest BCUT2D eigenvalue weighted by molar-refractivity contribution is 6.04. The number of hydrogen-bond acceptors (Lipinski definition) is 4. The lowest BCUT2D eigenvalue weighted by Crippen LogP contribution is -2.55. The second-order valence-corrected chi connectivity index (χ2v) is 7.82. The quantitative estimate of drug-likeness (QED) is 0.652. The van der Waals surface area contributed by atoms with Crippen LogP contribution in [0.3, 0.4) is 0 Å². The van der Waals surface area contributed by atoms with Crippen LogP contribution in [0.2, 0.25) is 0 Å². The van der Waals surface area contributed by atoms with E-state index in [4.69, 9.17) is 5.73 Å². The third kappa shape index (κ3) is 3.79. The summed E-state index contributed by atoms with van der Waals surface area (Å²) in [6.07, 6.45) is 1.02. The van der Waals surface area contributed by atoms with Gasteiger partial charge in [0.25, 0.3) is 0 Å². The van der Waals surface area contributed by atoms with Gasteiger partial charge in [-0.05, 0) is 36.6 Å². The molecule has 0 aliphatic carbocycles. The number of likely N-dealkylation sites (tertiary alicyclic amines) is 1. The van der Waals surface area contributed by atoms with Crippen LogP contribution in [0.5, 0.6) is 0 Å². The number of nitrogen functional groups attached to an aromatic ring is 1. The standard InChI is InChI=1S/C21H21F3N4O2/c22-13-8-14-18(29)10-21(27-19(14)16(24)9-13)3-5-28(6-4-21)20(30)26-11-12-1-2-15(23)17(25)7-12/h1-2,7-9,27H,3-6,10-11,25H2,(H,26,30). The molecule has 30 heavy (non-hydrogen) atoms. The summed E-state index contributed by atoms with van der Waals surface area (Å²) in [5.41, 5.74) is 5.61. The van der Waals surface area contributed by atoms with Crippen LogP contribution in [0.15, 0.2) is 30.3 Å². The molecule has 0 atom stereocenters. The van der Waals surface area contributed by atoms with Crippen molar-refractivity contribution in [3.8, 4) is 0 Å². The Morgan fingerprint density at radius 2 is 1.87 bits per heavy atom. The molecular weight excluding hydrogens is 397 g/mol. The Balaban J connectivity index is 1.38. The maximum Gasteiger partial charge on any atom is 0.317 e. The molecule has 6 nitrogen and oxygen atoms in total. The van der Waals surface area contributed by atoms with Crippen LogP contribution in [-0.4, -0.2) is 35.3 Å². The van der Waals surface area contributed by atoms with E-state index in [1.807, 2.05) is 0 Å². The van der Waals surface area contributed by atoms with Gasteiger partial charge >= 0.3 is 6.03 Å². The largest absolute Gasteiger partial charge is 0.396 e. The lowest BCUT2D eigenvalue weighted by atomic mass is 9.78. The molecule has 158 valence electrons. The van der Waals surface area contributed by atoms with E-state index in [2.05, 4.69) is 10.6 Å². The number of nitrogens with two attached hydrogens (primary N) is 1. The van der Waals surface area contributed by atoms with Gasteiger partial charge < -0.3 is 21.3 Å². The number of rotatable bonds is 2. The van der Waals surface area contributed by atoms with Crippen molar-refractivity contribution in [1.29, 1.82) is 0 Å². The highest BCUT2D eigenvalue weighted by Gasteiger charge is 2.42. The predicted molar refractivity (Wildman–Crippen MR) is 106 cm³/mol. The molecule has 2 aliphatic rings. The number of carbonyl (C=O) groups excluding carboxylic acids is 2. The van der Waals surface area contributed by atoms with Gasteiger partial charge in [0, 0.05) is 43.2 Å². The van der Waals surface area contributed by atoms with Crippen LogP contribution in [0.25, 0.3) is 0 Å².